The fourth-order valence-electron chi connectivity index (χ4n) is 3.77. The number of fused-ring (bicyclic) bond motifs is 1. The Morgan fingerprint density at radius 3 is 3.10 bits per heavy atom. The Morgan fingerprint density at radius 1 is 1.38 bits per heavy atom. The monoisotopic (exact) mass is 285 g/mol. The van der Waals surface area contributed by atoms with Gasteiger partial charge in [0.2, 0.25) is 0 Å². The van der Waals surface area contributed by atoms with Crippen LogP contribution in [0.25, 0.3) is 11.2 Å². The number of imidazole rings is 1. The smallest absolute Gasteiger partial charge is 0.160 e. The molecule has 4 heterocycles. The first-order chi connectivity index (χ1) is 10.3. The van der Waals surface area contributed by atoms with Gasteiger partial charge in [0.1, 0.15) is 11.3 Å². The van der Waals surface area contributed by atoms with Crippen molar-refractivity contribution in [2.45, 2.75) is 25.3 Å². The van der Waals surface area contributed by atoms with E-state index in [0.717, 1.165) is 43.1 Å². The van der Waals surface area contributed by atoms with E-state index in [9.17, 15) is 0 Å². The number of pyridine rings is 1. The molecule has 4 rings (SSSR count). The van der Waals surface area contributed by atoms with Crippen LogP contribution in [0.4, 0.5) is 0 Å². The Bertz CT molecular complexity index is 629. The molecular formula is C16H23N5. The fraction of sp³-hybridized carbons (Fsp3) is 0.625. The molecule has 0 aromatic carbocycles. The third kappa shape index (κ3) is 2.45. The Morgan fingerprint density at radius 2 is 2.33 bits per heavy atom. The average molecular weight is 285 g/mol. The van der Waals surface area contributed by atoms with E-state index < -0.39 is 0 Å². The van der Waals surface area contributed by atoms with Crippen molar-refractivity contribution >= 4 is 11.2 Å². The lowest BCUT2D eigenvalue weighted by Gasteiger charge is -2.17. The number of aromatic nitrogens is 3. The molecule has 2 fully saturated rings. The third-order valence-electron chi connectivity index (χ3n) is 4.89. The van der Waals surface area contributed by atoms with Gasteiger partial charge in [-0.05, 0) is 57.6 Å². The molecule has 0 aliphatic carbocycles. The van der Waals surface area contributed by atoms with Gasteiger partial charge in [-0.15, -0.1) is 0 Å². The first-order valence-corrected chi connectivity index (χ1v) is 8.02. The predicted molar refractivity (Wildman–Crippen MR) is 83.4 cm³/mol. The molecule has 2 saturated heterocycles. The highest BCUT2D eigenvalue weighted by atomic mass is 15.2. The highest BCUT2D eigenvalue weighted by molar-refractivity contribution is 5.71. The van der Waals surface area contributed by atoms with Crippen molar-refractivity contribution in [2.75, 3.05) is 33.2 Å². The molecule has 0 amide bonds. The zero-order valence-electron chi connectivity index (χ0n) is 12.6. The topological polar surface area (TPSA) is 46.0 Å². The van der Waals surface area contributed by atoms with Crippen molar-refractivity contribution in [1.29, 1.82) is 0 Å². The molecule has 21 heavy (non-hydrogen) atoms. The SMILES string of the molecule is CN1CCC(n2c(CC3CCNC3)nc3cccnc32)C1. The molecule has 0 spiro atoms. The summed E-state index contributed by atoms with van der Waals surface area (Å²) in [5, 5.41) is 3.46. The van der Waals surface area contributed by atoms with E-state index in [0.29, 0.717) is 6.04 Å². The average Bonchev–Trinajstić information content (AvgIpc) is 3.18. The number of nitrogens with one attached hydrogen (secondary N) is 1. The fourth-order valence-corrected chi connectivity index (χ4v) is 3.77. The molecule has 2 aliphatic heterocycles. The Labute approximate surface area is 125 Å². The summed E-state index contributed by atoms with van der Waals surface area (Å²) < 4.78 is 2.43. The van der Waals surface area contributed by atoms with Gasteiger partial charge in [-0.1, -0.05) is 0 Å². The molecule has 5 heteroatoms. The van der Waals surface area contributed by atoms with Gasteiger partial charge >= 0.3 is 0 Å². The molecule has 1 N–H and O–H groups in total. The lowest BCUT2D eigenvalue weighted by Crippen LogP contribution is -2.20. The summed E-state index contributed by atoms with van der Waals surface area (Å²) in [5.74, 6) is 1.96. The lowest BCUT2D eigenvalue weighted by molar-refractivity contribution is 0.389. The van der Waals surface area contributed by atoms with Crippen molar-refractivity contribution in [3.8, 4) is 0 Å². The van der Waals surface area contributed by atoms with Crippen molar-refractivity contribution in [2.24, 2.45) is 5.92 Å². The summed E-state index contributed by atoms with van der Waals surface area (Å²) >= 11 is 0. The van der Waals surface area contributed by atoms with E-state index in [-0.39, 0.29) is 0 Å². The Kier molecular flexibility index (Phi) is 3.39. The molecular weight excluding hydrogens is 262 g/mol. The summed E-state index contributed by atoms with van der Waals surface area (Å²) in [7, 11) is 2.20. The van der Waals surface area contributed by atoms with Crippen LogP contribution in [0.15, 0.2) is 18.3 Å². The number of likely N-dealkylation sites (N-methyl/N-ethyl adjacent to an activating group) is 1. The van der Waals surface area contributed by atoms with Crippen molar-refractivity contribution in [3.63, 3.8) is 0 Å². The second-order valence-corrected chi connectivity index (χ2v) is 6.51. The maximum atomic E-state index is 4.90. The minimum absolute atomic E-state index is 0.527. The first-order valence-electron chi connectivity index (χ1n) is 8.02. The van der Waals surface area contributed by atoms with Crippen LogP contribution in [-0.2, 0) is 6.42 Å². The second-order valence-electron chi connectivity index (χ2n) is 6.51. The van der Waals surface area contributed by atoms with E-state index in [1.165, 1.54) is 25.2 Å². The highest BCUT2D eigenvalue weighted by Crippen LogP contribution is 2.28. The van der Waals surface area contributed by atoms with Gasteiger partial charge < -0.3 is 14.8 Å². The maximum absolute atomic E-state index is 4.90. The number of hydrogen-bond acceptors (Lipinski definition) is 4. The maximum Gasteiger partial charge on any atom is 0.160 e. The number of rotatable bonds is 3. The molecule has 2 aromatic heterocycles. The van der Waals surface area contributed by atoms with Crippen molar-refractivity contribution in [1.82, 2.24) is 24.8 Å². The van der Waals surface area contributed by atoms with Crippen LogP contribution in [0.2, 0.25) is 0 Å². The molecule has 0 saturated carbocycles. The molecule has 112 valence electrons. The summed E-state index contributed by atoms with van der Waals surface area (Å²) in [5.41, 5.74) is 2.12. The van der Waals surface area contributed by atoms with E-state index in [4.69, 9.17) is 4.98 Å². The molecule has 2 aromatic rings. The van der Waals surface area contributed by atoms with Gasteiger partial charge in [-0.3, -0.25) is 0 Å². The van der Waals surface area contributed by atoms with Gasteiger partial charge in [-0.25, -0.2) is 9.97 Å². The molecule has 2 unspecified atom stereocenters. The Hall–Kier alpha value is -1.46. The summed E-state index contributed by atoms with van der Waals surface area (Å²) in [4.78, 5) is 11.9. The highest BCUT2D eigenvalue weighted by Gasteiger charge is 2.27. The summed E-state index contributed by atoms with van der Waals surface area (Å²) in [6.45, 7) is 4.55. The molecule has 0 bridgehead atoms. The second kappa shape index (κ2) is 5.39. The number of likely N-dealkylation sites (tertiary alicyclic amines) is 1. The number of hydrogen-bond donors (Lipinski definition) is 1. The van der Waals surface area contributed by atoms with E-state index in [1.807, 2.05) is 12.3 Å². The van der Waals surface area contributed by atoms with Gasteiger partial charge in [0.15, 0.2) is 5.65 Å². The zero-order chi connectivity index (χ0) is 14.2. The first kappa shape index (κ1) is 13.2. The largest absolute Gasteiger partial charge is 0.316 e. The van der Waals surface area contributed by atoms with Crippen LogP contribution in [0, 0.1) is 5.92 Å². The van der Waals surface area contributed by atoms with Gasteiger partial charge in [0.25, 0.3) is 0 Å². The van der Waals surface area contributed by atoms with Crippen LogP contribution in [0.5, 0.6) is 0 Å². The van der Waals surface area contributed by atoms with Gasteiger partial charge in [0.05, 0.1) is 6.04 Å². The molecule has 5 nitrogen and oxygen atoms in total. The predicted octanol–water partition coefficient (Wildman–Crippen LogP) is 1.46. The normalized spacial score (nSPS) is 26.9. The molecule has 2 aliphatic rings. The van der Waals surface area contributed by atoms with Crippen LogP contribution >= 0.6 is 0 Å². The third-order valence-corrected chi connectivity index (χ3v) is 4.89. The van der Waals surface area contributed by atoms with Crippen LogP contribution in [0.1, 0.15) is 24.7 Å². The number of nitrogens with zero attached hydrogens (tertiary/aromatic N) is 4. The van der Waals surface area contributed by atoms with Crippen LogP contribution in [0.3, 0.4) is 0 Å². The minimum atomic E-state index is 0.527. The van der Waals surface area contributed by atoms with E-state index in [2.05, 4.69) is 32.9 Å². The minimum Gasteiger partial charge on any atom is -0.316 e. The van der Waals surface area contributed by atoms with Crippen molar-refractivity contribution in [3.05, 3.63) is 24.2 Å². The van der Waals surface area contributed by atoms with E-state index >= 15 is 0 Å². The molecule has 2 atom stereocenters. The van der Waals surface area contributed by atoms with Crippen LogP contribution < -0.4 is 5.32 Å². The summed E-state index contributed by atoms with van der Waals surface area (Å²) in [6, 6.07) is 4.61. The standard InChI is InChI=1S/C16H23N5/c1-20-8-5-13(11-20)21-15(9-12-4-7-17-10-12)19-14-3-2-6-18-16(14)21/h2-3,6,12-13,17H,4-5,7-11H2,1H3. The van der Waals surface area contributed by atoms with E-state index in [1.54, 1.807) is 0 Å². The van der Waals surface area contributed by atoms with Gasteiger partial charge in [0, 0.05) is 19.2 Å². The van der Waals surface area contributed by atoms with Gasteiger partial charge in [-0.2, -0.15) is 0 Å². The van der Waals surface area contributed by atoms with Crippen molar-refractivity contribution < 1.29 is 0 Å². The summed E-state index contributed by atoms with van der Waals surface area (Å²) in [6.07, 6.45) is 5.43. The van der Waals surface area contributed by atoms with Crippen LogP contribution in [-0.4, -0.2) is 52.7 Å². The quantitative estimate of drug-likeness (QED) is 0.927. The Balaban J connectivity index is 1.73. The lowest BCUT2D eigenvalue weighted by atomic mass is 10.0. The molecule has 0 radical (unpaired) electrons. The zero-order valence-corrected chi connectivity index (χ0v) is 12.6.